The van der Waals surface area contributed by atoms with Crippen LogP contribution in [-0.2, 0) is 4.79 Å². The number of nitrogens with two attached hydrogens (primary N) is 1. The molecule has 0 spiro atoms. The van der Waals surface area contributed by atoms with E-state index >= 15 is 0 Å². The third-order valence-electron chi connectivity index (χ3n) is 1.82. The summed E-state index contributed by atoms with van der Waals surface area (Å²) in [7, 11) is 0. The number of hydrogen-bond acceptors (Lipinski definition) is 2. The van der Waals surface area contributed by atoms with Crippen LogP contribution in [0.25, 0.3) is 0 Å². The number of unbranched alkanes of at least 4 members (excludes halogenated alkanes) is 1. The summed E-state index contributed by atoms with van der Waals surface area (Å²) in [5.41, 5.74) is 5.20. The quantitative estimate of drug-likeness (QED) is 0.647. The number of carbonyl (C=O) groups excluding carboxylic acids is 1. The van der Waals surface area contributed by atoms with Gasteiger partial charge in [-0.3, -0.25) is 4.79 Å². The highest BCUT2D eigenvalue weighted by Crippen LogP contribution is 2.21. The minimum Gasteiger partial charge on any atom is -0.356 e. The predicted molar refractivity (Wildman–Crippen MR) is 51.2 cm³/mol. The second-order valence-corrected chi connectivity index (χ2v) is 3.31. The fourth-order valence-corrected chi connectivity index (χ4v) is 1.03. The Bertz CT molecular complexity index is 183. The van der Waals surface area contributed by atoms with Gasteiger partial charge in [0.2, 0.25) is 5.91 Å². The molecule has 1 amide bonds. The molecule has 0 aliphatic rings. The number of carbonyl (C=O) groups is 1. The Labute approximate surface area is 87.2 Å². The lowest BCUT2D eigenvalue weighted by molar-refractivity contribution is -0.135. The van der Waals surface area contributed by atoms with Gasteiger partial charge in [0.25, 0.3) is 0 Å². The predicted octanol–water partition coefficient (Wildman–Crippen LogP) is 1.57. The molecule has 0 heterocycles. The Hall–Kier alpha value is -0.780. The first kappa shape index (κ1) is 14.2. The molecule has 0 bridgehead atoms. The molecule has 0 unspecified atom stereocenters. The average Bonchev–Trinajstić information content (AvgIpc) is 2.12. The van der Waals surface area contributed by atoms with Crippen molar-refractivity contribution in [3.63, 3.8) is 0 Å². The topological polar surface area (TPSA) is 55.1 Å². The van der Waals surface area contributed by atoms with E-state index in [2.05, 4.69) is 5.32 Å². The molecular weight excluding hydrogens is 209 g/mol. The zero-order valence-electron chi connectivity index (χ0n) is 8.57. The summed E-state index contributed by atoms with van der Waals surface area (Å²) in [6.45, 7) is 0.751. The van der Waals surface area contributed by atoms with Gasteiger partial charge in [-0.05, 0) is 25.8 Å². The van der Waals surface area contributed by atoms with E-state index in [1.165, 1.54) is 0 Å². The fraction of sp³-hybridized carbons (Fsp3) is 0.889. The first-order valence-electron chi connectivity index (χ1n) is 4.99. The normalized spacial score (nSPS) is 11.5. The van der Waals surface area contributed by atoms with Crippen molar-refractivity contribution < 1.29 is 18.0 Å². The van der Waals surface area contributed by atoms with Crippen molar-refractivity contribution in [1.29, 1.82) is 0 Å². The smallest absolute Gasteiger partial charge is 0.356 e. The molecular formula is C9H17F3N2O. The summed E-state index contributed by atoms with van der Waals surface area (Å²) in [5.74, 6) is -0.146. The van der Waals surface area contributed by atoms with Gasteiger partial charge in [-0.2, -0.15) is 13.2 Å². The Morgan fingerprint density at radius 3 is 2.40 bits per heavy atom. The lowest BCUT2D eigenvalue weighted by atomic mass is 10.2. The molecule has 0 aromatic carbocycles. The van der Waals surface area contributed by atoms with E-state index in [-0.39, 0.29) is 12.3 Å². The van der Waals surface area contributed by atoms with Crippen LogP contribution in [0.15, 0.2) is 0 Å². The number of nitrogens with one attached hydrogen (secondary N) is 1. The maximum Gasteiger partial charge on any atom is 0.389 e. The lowest BCUT2D eigenvalue weighted by Crippen LogP contribution is -2.25. The van der Waals surface area contributed by atoms with Gasteiger partial charge in [0.15, 0.2) is 0 Å². The van der Waals surface area contributed by atoms with Gasteiger partial charge in [0.1, 0.15) is 0 Å². The van der Waals surface area contributed by atoms with E-state index < -0.39 is 12.6 Å². The van der Waals surface area contributed by atoms with E-state index in [1.807, 2.05) is 0 Å². The number of amides is 1. The first-order valence-corrected chi connectivity index (χ1v) is 4.99. The SMILES string of the molecule is NCCCC(=O)NCCCCC(F)(F)F. The first-order chi connectivity index (χ1) is 6.95. The largest absolute Gasteiger partial charge is 0.389 e. The van der Waals surface area contributed by atoms with E-state index in [0.29, 0.717) is 32.4 Å². The summed E-state index contributed by atoms with van der Waals surface area (Å²) in [5, 5.41) is 2.54. The van der Waals surface area contributed by atoms with Crippen molar-refractivity contribution in [3.8, 4) is 0 Å². The molecule has 0 fully saturated rings. The Morgan fingerprint density at radius 1 is 1.20 bits per heavy atom. The van der Waals surface area contributed by atoms with Crippen molar-refractivity contribution >= 4 is 5.91 Å². The molecule has 0 atom stereocenters. The van der Waals surface area contributed by atoms with Crippen LogP contribution in [0.1, 0.15) is 32.1 Å². The summed E-state index contributed by atoms with van der Waals surface area (Å²) in [6.07, 6.45) is -3.52. The molecule has 0 aromatic heterocycles. The molecule has 6 heteroatoms. The number of rotatable bonds is 7. The van der Waals surface area contributed by atoms with Gasteiger partial charge in [-0.15, -0.1) is 0 Å². The molecule has 0 rings (SSSR count). The second-order valence-electron chi connectivity index (χ2n) is 3.31. The maximum atomic E-state index is 11.7. The van der Waals surface area contributed by atoms with Crippen LogP contribution in [0.3, 0.4) is 0 Å². The third kappa shape index (κ3) is 11.1. The van der Waals surface area contributed by atoms with Crippen LogP contribution in [-0.4, -0.2) is 25.2 Å². The lowest BCUT2D eigenvalue weighted by Gasteiger charge is -2.06. The van der Waals surface area contributed by atoms with E-state index in [9.17, 15) is 18.0 Å². The van der Waals surface area contributed by atoms with Crippen LogP contribution in [0.2, 0.25) is 0 Å². The van der Waals surface area contributed by atoms with Gasteiger partial charge in [-0.25, -0.2) is 0 Å². The van der Waals surface area contributed by atoms with Crippen LogP contribution in [0, 0.1) is 0 Å². The Morgan fingerprint density at radius 2 is 1.87 bits per heavy atom. The van der Waals surface area contributed by atoms with Crippen LogP contribution >= 0.6 is 0 Å². The van der Waals surface area contributed by atoms with Gasteiger partial charge >= 0.3 is 6.18 Å². The molecule has 90 valence electrons. The highest BCUT2D eigenvalue weighted by atomic mass is 19.4. The number of halogens is 3. The van der Waals surface area contributed by atoms with Crippen molar-refractivity contribution in [2.75, 3.05) is 13.1 Å². The van der Waals surface area contributed by atoms with Gasteiger partial charge in [0.05, 0.1) is 0 Å². The Kier molecular flexibility index (Phi) is 7.11. The van der Waals surface area contributed by atoms with Crippen LogP contribution in [0.5, 0.6) is 0 Å². The van der Waals surface area contributed by atoms with E-state index in [1.54, 1.807) is 0 Å². The zero-order valence-corrected chi connectivity index (χ0v) is 8.57. The summed E-state index contributed by atoms with van der Waals surface area (Å²) < 4.78 is 35.1. The summed E-state index contributed by atoms with van der Waals surface area (Å²) in [4.78, 5) is 11.0. The fourth-order valence-electron chi connectivity index (χ4n) is 1.03. The Balaban J connectivity index is 3.27. The summed E-state index contributed by atoms with van der Waals surface area (Å²) >= 11 is 0. The molecule has 15 heavy (non-hydrogen) atoms. The standard InChI is InChI=1S/C9H17F3N2O/c10-9(11,12)5-1-2-7-14-8(15)4-3-6-13/h1-7,13H2,(H,14,15). The van der Waals surface area contributed by atoms with Gasteiger partial charge in [0, 0.05) is 19.4 Å². The van der Waals surface area contributed by atoms with Crippen molar-refractivity contribution in [2.24, 2.45) is 5.73 Å². The molecule has 0 saturated heterocycles. The summed E-state index contributed by atoms with van der Waals surface area (Å²) in [6, 6.07) is 0. The van der Waals surface area contributed by atoms with Gasteiger partial charge in [-0.1, -0.05) is 0 Å². The van der Waals surface area contributed by atoms with Crippen molar-refractivity contribution in [2.45, 2.75) is 38.3 Å². The number of alkyl halides is 3. The monoisotopic (exact) mass is 226 g/mol. The minimum absolute atomic E-state index is 0.0562. The van der Waals surface area contributed by atoms with E-state index in [0.717, 1.165) is 0 Å². The molecule has 0 aliphatic heterocycles. The second kappa shape index (κ2) is 7.50. The molecule has 0 radical (unpaired) electrons. The highest BCUT2D eigenvalue weighted by molar-refractivity contribution is 5.75. The molecule has 3 nitrogen and oxygen atoms in total. The molecule has 0 aliphatic carbocycles. The zero-order chi connectivity index (χ0) is 11.7. The third-order valence-corrected chi connectivity index (χ3v) is 1.82. The number of hydrogen-bond donors (Lipinski definition) is 2. The van der Waals surface area contributed by atoms with Crippen molar-refractivity contribution in [1.82, 2.24) is 5.32 Å². The van der Waals surface area contributed by atoms with Crippen molar-refractivity contribution in [3.05, 3.63) is 0 Å². The van der Waals surface area contributed by atoms with Crippen LogP contribution < -0.4 is 11.1 Å². The minimum atomic E-state index is -4.09. The van der Waals surface area contributed by atoms with E-state index in [4.69, 9.17) is 5.73 Å². The molecule has 0 aromatic rings. The molecule has 0 saturated carbocycles. The maximum absolute atomic E-state index is 11.7. The van der Waals surface area contributed by atoms with Crippen LogP contribution in [0.4, 0.5) is 13.2 Å². The highest BCUT2D eigenvalue weighted by Gasteiger charge is 2.25. The van der Waals surface area contributed by atoms with Gasteiger partial charge < -0.3 is 11.1 Å². The average molecular weight is 226 g/mol. The molecule has 3 N–H and O–H groups in total.